The third kappa shape index (κ3) is 3.88. The highest BCUT2D eigenvalue weighted by molar-refractivity contribution is 5.86. The van der Waals surface area contributed by atoms with E-state index in [9.17, 15) is 0 Å². The van der Waals surface area contributed by atoms with Crippen LogP contribution in [0.5, 0.6) is 0 Å². The number of nitrogens with zero attached hydrogens (tertiary/aromatic N) is 5. The van der Waals surface area contributed by atoms with E-state index in [0.717, 1.165) is 51.0 Å². The number of anilines is 1. The molecule has 0 radical (unpaired) electrons. The first-order valence-electron chi connectivity index (χ1n) is 11.9. The van der Waals surface area contributed by atoms with Gasteiger partial charge < -0.3 is 20.2 Å². The zero-order valence-electron chi connectivity index (χ0n) is 19.5. The zero-order chi connectivity index (χ0) is 22.9. The summed E-state index contributed by atoms with van der Waals surface area (Å²) in [6.07, 6.45) is 5.05. The second-order valence-corrected chi connectivity index (χ2v) is 9.31. The molecule has 1 saturated heterocycles. The molecule has 1 fully saturated rings. The van der Waals surface area contributed by atoms with Crippen LogP contribution in [-0.4, -0.2) is 46.6 Å². The lowest BCUT2D eigenvalue weighted by Crippen LogP contribution is -2.48. The molecule has 8 heteroatoms. The van der Waals surface area contributed by atoms with Gasteiger partial charge >= 0.3 is 0 Å². The average molecular weight is 447 g/mol. The Morgan fingerprint density at radius 1 is 1.12 bits per heavy atom. The number of aryl methyl sites for hydroxylation is 1. The highest BCUT2D eigenvalue weighted by Crippen LogP contribution is 2.38. The number of guanidine groups is 1. The Balaban J connectivity index is 1.55. The topological polar surface area (TPSA) is 101 Å². The first-order chi connectivity index (χ1) is 16.1. The number of piperidine rings is 1. The van der Waals surface area contributed by atoms with Crippen molar-refractivity contribution in [2.45, 2.75) is 51.1 Å². The lowest BCUT2D eigenvalue weighted by molar-refractivity contribution is 0.261. The second kappa shape index (κ2) is 8.94. The first kappa shape index (κ1) is 21.6. The molecule has 33 heavy (non-hydrogen) atoms. The maximum atomic E-state index is 5.59. The number of likely N-dealkylation sites (tertiary alicyclic amines) is 1. The van der Waals surface area contributed by atoms with Crippen molar-refractivity contribution in [3.05, 3.63) is 59.4 Å². The van der Waals surface area contributed by atoms with E-state index in [4.69, 9.17) is 16.7 Å². The van der Waals surface area contributed by atoms with Crippen molar-refractivity contribution in [2.75, 3.05) is 25.0 Å². The third-order valence-corrected chi connectivity index (χ3v) is 7.45. The maximum Gasteiger partial charge on any atom is 0.230 e. The molecular formula is C25H34N8. The van der Waals surface area contributed by atoms with Crippen molar-refractivity contribution in [3.8, 4) is 0 Å². The highest BCUT2D eigenvalue weighted by Gasteiger charge is 2.29. The van der Waals surface area contributed by atoms with Gasteiger partial charge in [-0.25, -0.2) is 10.8 Å². The monoisotopic (exact) mass is 446 g/mol. The molecule has 0 aliphatic carbocycles. The van der Waals surface area contributed by atoms with Crippen LogP contribution in [0, 0.1) is 0 Å². The van der Waals surface area contributed by atoms with Crippen molar-refractivity contribution in [2.24, 2.45) is 16.8 Å². The number of nitrogens with one attached hydrogen (secondary N) is 1. The van der Waals surface area contributed by atoms with E-state index in [2.05, 4.69) is 81.3 Å². The maximum absolute atomic E-state index is 5.59. The van der Waals surface area contributed by atoms with Crippen molar-refractivity contribution >= 4 is 22.7 Å². The normalized spacial score (nSPS) is 19.7. The minimum absolute atomic E-state index is 0.375. The van der Waals surface area contributed by atoms with Crippen LogP contribution in [0.4, 0.5) is 5.69 Å². The summed E-state index contributed by atoms with van der Waals surface area (Å²) in [6, 6.07) is 16.2. The molecule has 2 aliphatic heterocycles. The Bertz CT molecular complexity index is 1140. The quantitative estimate of drug-likeness (QED) is 0.248. The van der Waals surface area contributed by atoms with Crippen LogP contribution >= 0.6 is 0 Å². The minimum atomic E-state index is 0.375. The number of hydrazine groups is 1. The Hall–Kier alpha value is -3.26. The van der Waals surface area contributed by atoms with Crippen LogP contribution in [-0.2, 0) is 12.8 Å². The molecule has 1 aromatic heterocycles. The standard InChI is InChI=1S/C25H34N8/c1-17-8-9-20-21(31(17)2)10-11-22-24(20)28-23(16-18-6-4-3-5-7-18)33(22)19-12-14-32(15-13-19)25(29-26)30-27/h3-7,10-11,17,19H,8-9,12-16,26-27H2,1-2H3,(H,29,30). The van der Waals surface area contributed by atoms with E-state index in [-0.39, 0.29) is 0 Å². The number of hydrogen-bond acceptors (Lipinski definition) is 5. The fraction of sp³-hybridized carbons (Fsp3) is 0.440. The van der Waals surface area contributed by atoms with Gasteiger partial charge in [0.1, 0.15) is 5.82 Å². The van der Waals surface area contributed by atoms with Crippen molar-refractivity contribution in [1.82, 2.24) is 19.9 Å². The van der Waals surface area contributed by atoms with Crippen LogP contribution < -0.4 is 22.0 Å². The first-order valence-corrected chi connectivity index (χ1v) is 11.9. The van der Waals surface area contributed by atoms with Gasteiger partial charge in [0.15, 0.2) is 0 Å². The lowest BCUT2D eigenvalue weighted by atomic mass is 9.96. The van der Waals surface area contributed by atoms with Gasteiger partial charge in [-0.2, -0.15) is 0 Å². The molecular weight excluding hydrogens is 412 g/mol. The van der Waals surface area contributed by atoms with Gasteiger partial charge in [-0.15, -0.1) is 5.10 Å². The van der Waals surface area contributed by atoms with Crippen LogP contribution in [0.3, 0.4) is 0 Å². The Labute approximate surface area is 195 Å². The van der Waals surface area contributed by atoms with Crippen molar-refractivity contribution < 1.29 is 0 Å². The fourth-order valence-corrected chi connectivity index (χ4v) is 5.47. The Morgan fingerprint density at radius 2 is 1.88 bits per heavy atom. The number of benzene rings is 2. The highest BCUT2D eigenvalue weighted by atomic mass is 15.4. The lowest BCUT2D eigenvalue weighted by Gasteiger charge is -2.35. The molecule has 5 N–H and O–H groups in total. The molecule has 2 aliphatic rings. The summed E-state index contributed by atoms with van der Waals surface area (Å²) < 4.78 is 2.51. The SMILES string of the molecule is CC1CCc2c(ccc3c2nc(Cc2ccccc2)n3C2CCN(/C(=N/N)NN)CC2)N1C. The van der Waals surface area contributed by atoms with E-state index in [1.807, 2.05) is 0 Å². The number of hydrogen-bond donors (Lipinski definition) is 3. The van der Waals surface area contributed by atoms with Crippen molar-refractivity contribution in [3.63, 3.8) is 0 Å². The summed E-state index contributed by atoms with van der Waals surface area (Å²) in [5, 5.41) is 3.79. The molecule has 3 heterocycles. The fourth-order valence-electron chi connectivity index (χ4n) is 5.47. The molecule has 2 aromatic carbocycles. The molecule has 8 nitrogen and oxygen atoms in total. The van der Waals surface area contributed by atoms with Crippen LogP contribution in [0.15, 0.2) is 47.6 Å². The molecule has 0 amide bonds. The molecule has 174 valence electrons. The summed E-state index contributed by atoms with van der Waals surface area (Å²) in [6.45, 7) is 4.00. The smallest absolute Gasteiger partial charge is 0.230 e. The van der Waals surface area contributed by atoms with E-state index >= 15 is 0 Å². The summed E-state index contributed by atoms with van der Waals surface area (Å²) in [5.41, 5.74) is 9.05. The third-order valence-electron chi connectivity index (χ3n) is 7.45. The number of hydrazone groups is 1. The van der Waals surface area contributed by atoms with Crippen molar-refractivity contribution in [1.29, 1.82) is 0 Å². The molecule has 5 rings (SSSR count). The Kier molecular flexibility index (Phi) is 5.85. The number of imidazole rings is 1. The van der Waals surface area contributed by atoms with Gasteiger partial charge in [-0.05, 0) is 50.3 Å². The second-order valence-electron chi connectivity index (χ2n) is 9.31. The van der Waals surface area contributed by atoms with Crippen LogP contribution in [0.25, 0.3) is 11.0 Å². The molecule has 1 atom stereocenters. The van der Waals surface area contributed by atoms with Crippen LogP contribution in [0.2, 0.25) is 0 Å². The summed E-state index contributed by atoms with van der Waals surface area (Å²) in [7, 11) is 2.20. The van der Waals surface area contributed by atoms with Gasteiger partial charge in [-0.3, -0.25) is 5.43 Å². The minimum Gasteiger partial charge on any atom is -0.372 e. The number of rotatable bonds is 3. The van der Waals surface area contributed by atoms with Crippen LogP contribution in [0.1, 0.15) is 49.2 Å². The van der Waals surface area contributed by atoms with E-state index in [1.54, 1.807) is 0 Å². The summed E-state index contributed by atoms with van der Waals surface area (Å²) in [4.78, 5) is 9.81. The molecule has 0 saturated carbocycles. The van der Waals surface area contributed by atoms with Gasteiger partial charge in [-0.1, -0.05) is 30.3 Å². The average Bonchev–Trinajstić information content (AvgIpc) is 3.21. The number of fused-ring (bicyclic) bond motifs is 3. The number of aromatic nitrogens is 2. The predicted octanol–water partition coefficient (Wildman–Crippen LogP) is 2.73. The zero-order valence-corrected chi connectivity index (χ0v) is 19.5. The van der Waals surface area contributed by atoms with Gasteiger partial charge in [0.25, 0.3) is 0 Å². The Morgan fingerprint density at radius 3 is 2.58 bits per heavy atom. The largest absolute Gasteiger partial charge is 0.372 e. The van der Waals surface area contributed by atoms with Gasteiger partial charge in [0.2, 0.25) is 5.96 Å². The summed E-state index contributed by atoms with van der Waals surface area (Å²) in [5.74, 6) is 12.8. The van der Waals surface area contributed by atoms with Gasteiger partial charge in [0, 0.05) is 49.9 Å². The van der Waals surface area contributed by atoms with E-state index in [0.29, 0.717) is 18.0 Å². The molecule has 1 unspecified atom stereocenters. The molecule has 0 bridgehead atoms. The van der Waals surface area contributed by atoms with Gasteiger partial charge in [0.05, 0.1) is 11.0 Å². The number of nitrogens with two attached hydrogens (primary N) is 2. The predicted molar refractivity (Wildman–Crippen MR) is 134 cm³/mol. The van der Waals surface area contributed by atoms with E-state index < -0.39 is 0 Å². The molecule has 3 aromatic rings. The van der Waals surface area contributed by atoms with E-state index in [1.165, 1.54) is 27.8 Å². The molecule has 0 spiro atoms. The summed E-state index contributed by atoms with van der Waals surface area (Å²) >= 11 is 0.